The lowest BCUT2D eigenvalue weighted by atomic mass is 10.1. The predicted octanol–water partition coefficient (Wildman–Crippen LogP) is 5.45. The van der Waals surface area contributed by atoms with E-state index in [2.05, 4.69) is 50.6 Å². The van der Waals surface area contributed by atoms with E-state index < -0.39 is 0 Å². The second-order valence-corrected chi connectivity index (χ2v) is 6.88. The highest BCUT2D eigenvalue weighted by atomic mass is 79.9. The Morgan fingerprint density at radius 3 is 2.52 bits per heavy atom. The van der Waals surface area contributed by atoms with E-state index in [1.807, 2.05) is 37.5 Å². The van der Waals surface area contributed by atoms with Crippen molar-refractivity contribution in [2.75, 3.05) is 5.32 Å². The van der Waals surface area contributed by atoms with Crippen LogP contribution in [0.4, 0.5) is 11.4 Å². The third kappa shape index (κ3) is 3.23. The Hall–Kier alpha value is -2.79. The molecule has 1 aromatic heterocycles. The highest BCUT2D eigenvalue weighted by Gasteiger charge is 2.07. The van der Waals surface area contributed by atoms with E-state index in [4.69, 9.17) is 0 Å². The van der Waals surface area contributed by atoms with Crippen molar-refractivity contribution in [2.45, 2.75) is 0 Å². The van der Waals surface area contributed by atoms with Gasteiger partial charge in [0.05, 0.1) is 11.9 Å². The van der Waals surface area contributed by atoms with Gasteiger partial charge in [0.1, 0.15) is 5.75 Å². The lowest BCUT2D eigenvalue weighted by Crippen LogP contribution is -1.91. The molecule has 0 radical (unpaired) electrons. The molecule has 0 aliphatic carbocycles. The van der Waals surface area contributed by atoms with Crippen molar-refractivity contribution in [1.82, 2.24) is 9.78 Å². The van der Waals surface area contributed by atoms with Gasteiger partial charge in [0.25, 0.3) is 0 Å². The zero-order chi connectivity index (χ0) is 17.4. The molecule has 3 aromatic carbocycles. The summed E-state index contributed by atoms with van der Waals surface area (Å²) >= 11 is 3.49. The molecule has 0 spiro atoms. The van der Waals surface area contributed by atoms with E-state index in [-0.39, 0.29) is 5.75 Å². The van der Waals surface area contributed by atoms with Crippen LogP contribution in [0, 0.1) is 0 Å². The van der Waals surface area contributed by atoms with Crippen LogP contribution in [0.25, 0.3) is 21.9 Å². The fourth-order valence-electron chi connectivity index (χ4n) is 2.84. The van der Waals surface area contributed by atoms with Gasteiger partial charge in [-0.25, -0.2) is 0 Å². The van der Waals surface area contributed by atoms with Gasteiger partial charge in [0, 0.05) is 29.0 Å². The van der Waals surface area contributed by atoms with Gasteiger partial charge < -0.3 is 10.4 Å². The molecule has 25 heavy (non-hydrogen) atoms. The van der Waals surface area contributed by atoms with E-state index in [0.29, 0.717) is 5.69 Å². The van der Waals surface area contributed by atoms with Crippen molar-refractivity contribution < 1.29 is 5.11 Å². The summed E-state index contributed by atoms with van der Waals surface area (Å²) in [7, 11) is 1.87. The first-order valence-corrected chi connectivity index (χ1v) is 8.66. The molecule has 5 heteroatoms. The molecule has 0 fully saturated rings. The van der Waals surface area contributed by atoms with Gasteiger partial charge in [-0.05, 0) is 52.7 Å². The molecule has 0 amide bonds. The average Bonchev–Trinajstić information content (AvgIpc) is 3.03. The number of hydrogen-bond donors (Lipinski definition) is 2. The maximum Gasteiger partial charge on any atom is 0.139 e. The van der Waals surface area contributed by atoms with Gasteiger partial charge in [-0.1, -0.05) is 34.1 Å². The molecular formula is C20H16BrN3O. The van der Waals surface area contributed by atoms with Crippen LogP contribution in [0.15, 0.2) is 71.5 Å². The maximum absolute atomic E-state index is 10.4. The quantitative estimate of drug-likeness (QED) is 0.454. The van der Waals surface area contributed by atoms with Crippen LogP contribution < -0.4 is 5.32 Å². The first kappa shape index (κ1) is 15.7. The van der Waals surface area contributed by atoms with Gasteiger partial charge in [-0.2, -0.15) is 5.10 Å². The second-order valence-electron chi connectivity index (χ2n) is 5.97. The minimum Gasteiger partial charge on any atom is -0.506 e. The number of nitrogens with zero attached hydrogens (tertiary/aromatic N) is 2. The van der Waals surface area contributed by atoms with E-state index in [9.17, 15) is 5.11 Å². The summed E-state index contributed by atoms with van der Waals surface area (Å²) in [5.74, 6) is 0.206. The van der Waals surface area contributed by atoms with Crippen LogP contribution in [-0.4, -0.2) is 14.9 Å². The Kier molecular flexibility index (Phi) is 3.93. The highest BCUT2D eigenvalue weighted by Crippen LogP contribution is 2.32. The van der Waals surface area contributed by atoms with E-state index in [0.717, 1.165) is 32.1 Å². The number of aryl methyl sites for hydroxylation is 1. The Labute approximate surface area is 153 Å². The van der Waals surface area contributed by atoms with Gasteiger partial charge in [-0.15, -0.1) is 0 Å². The van der Waals surface area contributed by atoms with Gasteiger partial charge >= 0.3 is 0 Å². The van der Waals surface area contributed by atoms with Crippen molar-refractivity contribution >= 4 is 38.1 Å². The fraction of sp³-hybridized carbons (Fsp3) is 0.0500. The number of aromatic nitrogens is 2. The number of benzene rings is 3. The lowest BCUT2D eigenvalue weighted by Gasteiger charge is -2.11. The Balaban J connectivity index is 1.63. The van der Waals surface area contributed by atoms with Crippen LogP contribution >= 0.6 is 15.9 Å². The van der Waals surface area contributed by atoms with E-state index in [1.165, 1.54) is 0 Å². The summed E-state index contributed by atoms with van der Waals surface area (Å²) in [4.78, 5) is 0. The van der Waals surface area contributed by atoms with Crippen molar-refractivity contribution in [3.63, 3.8) is 0 Å². The molecular weight excluding hydrogens is 378 g/mol. The molecule has 4 rings (SSSR count). The first-order chi connectivity index (χ1) is 12.1. The molecule has 1 heterocycles. The van der Waals surface area contributed by atoms with Crippen molar-refractivity contribution in [2.24, 2.45) is 7.05 Å². The normalized spacial score (nSPS) is 11.0. The molecule has 0 atom stereocenters. The third-order valence-corrected chi connectivity index (χ3v) is 4.61. The Morgan fingerprint density at radius 1 is 0.960 bits per heavy atom. The molecule has 0 saturated heterocycles. The molecule has 0 aliphatic heterocycles. The zero-order valence-electron chi connectivity index (χ0n) is 13.6. The maximum atomic E-state index is 10.4. The fourth-order valence-corrected chi connectivity index (χ4v) is 3.22. The number of hydrogen-bond acceptors (Lipinski definition) is 3. The van der Waals surface area contributed by atoms with Crippen LogP contribution in [-0.2, 0) is 7.05 Å². The summed E-state index contributed by atoms with van der Waals surface area (Å²) in [6.45, 7) is 0. The number of phenolic OH excluding ortho intramolecular Hbond substituents is 1. The van der Waals surface area contributed by atoms with E-state index in [1.54, 1.807) is 16.9 Å². The molecule has 0 saturated carbocycles. The summed E-state index contributed by atoms with van der Waals surface area (Å²) in [5.41, 5.74) is 3.50. The summed E-state index contributed by atoms with van der Waals surface area (Å²) in [6, 6.07) is 17.9. The van der Waals surface area contributed by atoms with Crippen LogP contribution in [0.1, 0.15) is 0 Å². The number of rotatable bonds is 3. The lowest BCUT2D eigenvalue weighted by molar-refractivity contribution is 0.478. The number of halogens is 1. The molecule has 124 valence electrons. The minimum atomic E-state index is 0.206. The summed E-state index contributed by atoms with van der Waals surface area (Å²) < 4.78 is 2.80. The number of fused-ring (bicyclic) bond motifs is 1. The van der Waals surface area contributed by atoms with Crippen LogP contribution in [0.3, 0.4) is 0 Å². The molecule has 4 nitrogen and oxygen atoms in total. The standard InChI is InChI=1S/C20H16BrN3O/c1-24-12-16(11-22-24)15-4-7-19(20(25)10-15)23-18-6-3-13-8-17(21)5-2-14(13)9-18/h2-12,23,25H,1H3. The SMILES string of the molecule is Cn1cc(-c2ccc(Nc3ccc4cc(Br)ccc4c3)c(O)c2)cn1. The average molecular weight is 394 g/mol. The molecule has 0 aliphatic rings. The highest BCUT2D eigenvalue weighted by molar-refractivity contribution is 9.10. The van der Waals surface area contributed by atoms with Crippen molar-refractivity contribution in [3.05, 3.63) is 71.5 Å². The van der Waals surface area contributed by atoms with Gasteiger partial charge in [0.2, 0.25) is 0 Å². The smallest absolute Gasteiger partial charge is 0.139 e. The number of aromatic hydroxyl groups is 1. The minimum absolute atomic E-state index is 0.206. The second kappa shape index (κ2) is 6.26. The van der Waals surface area contributed by atoms with Crippen molar-refractivity contribution in [3.8, 4) is 16.9 Å². The summed E-state index contributed by atoms with van der Waals surface area (Å²) in [5, 5.41) is 20.1. The van der Waals surface area contributed by atoms with Crippen LogP contribution in [0.2, 0.25) is 0 Å². The molecule has 0 bridgehead atoms. The van der Waals surface area contributed by atoms with Crippen LogP contribution in [0.5, 0.6) is 5.75 Å². The van der Waals surface area contributed by atoms with Crippen molar-refractivity contribution in [1.29, 1.82) is 0 Å². The van der Waals surface area contributed by atoms with Gasteiger partial charge in [0.15, 0.2) is 0 Å². The Bertz CT molecular complexity index is 1070. The van der Waals surface area contributed by atoms with Gasteiger partial charge in [-0.3, -0.25) is 4.68 Å². The summed E-state index contributed by atoms with van der Waals surface area (Å²) in [6.07, 6.45) is 3.70. The number of phenols is 1. The topological polar surface area (TPSA) is 50.1 Å². The van der Waals surface area contributed by atoms with E-state index >= 15 is 0 Å². The first-order valence-electron chi connectivity index (χ1n) is 7.87. The molecule has 2 N–H and O–H groups in total. The largest absolute Gasteiger partial charge is 0.506 e. The molecule has 0 unspecified atom stereocenters. The predicted molar refractivity (Wildman–Crippen MR) is 105 cm³/mol. The number of nitrogens with one attached hydrogen (secondary N) is 1. The zero-order valence-corrected chi connectivity index (χ0v) is 15.2. The third-order valence-electron chi connectivity index (χ3n) is 4.12. The monoisotopic (exact) mass is 393 g/mol. The number of anilines is 2. The Morgan fingerprint density at radius 2 is 1.76 bits per heavy atom. The molecule has 4 aromatic rings.